The first-order valence-electron chi connectivity index (χ1n) is 7.43. The summed E-state index contributed by atoms with van der Waals surface area (Å²) in [4.78, 5) is 4.15. The maximum absolute atomic E-state index is 5.63. The van der Waals surface area contributed by atoms with Crippen LogP contribution in [-0.4, -0.2) is 39.3 Å². The van der Waals surface area contributed by atoms with Crippen LogP contribution in [-0.2, 0) is 11.2 Å². The van der Waals surface area contributed by atoms with Gasteiger partial charge in [-0.1, -0.05) is 37.3 Å². The fourth-order valence-corrected chi connectivity index (χ4v) is 1.78. The Balaban J connectivity index is 1.97. The molecule has 0 fully saturated rings. The molecule has 4 nitrogen and oxygen atoms in total. The van der Waals surface area contributed by atoms with Crippen LogP contribution in [0.1, 0.15) is 25.3 Å². The van der Waals surface area contributed by atoms with Crippen LogP contribution in [0.5, 0.6) is 0 Å². The van der Waals surface area contributed by atoms with Crippen LogP contribution < -0.4 is 10.6 Å². The van der Waals surface area contributed by atoms with E-state index in [-0.39, 0.29) is 0 Å². The Morgan fingerprint density at radius 2 is 1.85 bits per heavy atom. The summed E-state index contributed by atoms with van der Waals surface area (Å²) in [6.07, 6.45) is 3.07. The summed E-state index contributed by atoms with van der Waals surface area (Å²) in [5.41, 5.74) is 1.33. The maximum atomic E-state index is 5.63. The third kappa shape index (κ3) is 7.79. The van der Waals surface area contributed by atoms with Gasteiger partial charge >= 0.3 is 0 Å². The van der Waals surface area contributed by atoms with Crippen molar-refractivity contribution in [1.29, 1.82) is 0 Å². The van der Waals surface area contributed by atoms with Gasteiger partial charge in [0.05, 0.1) is 6.61 Å². The highest BCUT2D eigenvalue weighted by Crippen LogP contribution is 1.99. The minimum absolute atomic E-state index is 0.782. The van der Waals surface area contributed by atoms with Crippen LogP contribution in [0.3, 0.4) is 0 Å². The molecule has 0 radical (unpaired) electrons. The van der Waals surface area contributed by atoms with Crippen molar-refractivity contribution in [2.24, 2.45) is 4.99 Å². The molecule has 0 aliphatic carbocycles. The molecule has 0 aliphatic heterocycles. The summed E-state index contributed by atoms with van der Waals surface area (Å²) < 4.78 is 5.63. The number of rotatable bonds is 9. The van der Waals surface area contributed by atoms with Gasteiger partial charge in [0.1, 0.15) is 0 Å². The van der Waals surface area contributed by atoms with Crippen molar-refractivity contribution in [2.75, 3.05) is 33.4 Å². The number of aliphatic imine (C=N–C) groups is 1. The predicted molar refractivity (Wildman–Crippen MR) is 85.2 cm³/mol. The van der Waals surface area contributed by atoms with E-state index in [2.05, 4.69) is 46.8 Å². The fraction of sp³-hybridized carbons (Fsp3) is 0.562. The minimum Gasteiger partial charge on any atom is -0.381 e. The van der Waals surface area contributed by atoms with E-state index in [9.17, 15) is 0 Å². The van der Waals surface area contributed by atoms with E-state index < -0.39 is 0 Å². The number of guanidine groups is 1. The van der Waals surface area contributed by atoms with Crippen molar-refractivity contribution in [3.05, 3.63) is 35.9 Å². The average Bonchev–Trinajstić information content (AvgIpc) is 2.50. The molecular weight excluding hydrogens is 250 g/mol. The van der Waals surface area contributed by atoms with Gasteiger partial charge in [-0.3, -0.25) is 4.99 Å². The monoisotopic (exact) mass is 277 g/mol. The first-order chi connectivity index (χ1) is 9.86. The van der Waals surface area contributed by atoms with Gasteiger partial charge in [0.15, 0.2) is 5.96 Å². The Hall–Kier alpha value is -1.55. The smallest absolute Gasteiger partial charge is 0.190 e. The lowest BCUT2D eigenvalue weighted by atomic mass is 10.2. The van der Waals surface area contributed by atoms with Gasteiger partial charge < -0.3 is 15.4 Å². The van der Waals surface area contributed by atoms with Crippen molar-refractivity contribution in [1.82, 2.24) is 10.6 Å². The van der Waals surface area contributed by atoms with Gasteiger partial charge in [-0.15, -0.1) is 0 Å². The molecule has 1 rings (SSSR count). The predicted octanol–water partition coefficient (Wildman–Crippen LogP) is 2.21. The number of nitrogens with one attached hydrogen (secondary N) is 2. The minimum atomic E-state index is 0.782. The van der Waals surface area contributed by atoms with Gasteiger partial charge in [0, 0.05) is 26.7 Å². The molecular formula is C16H27N3O. The highest BCUT2D eigenvalue weighted by Gasteiger charge is 1.96. The molecule has 1 aromatic carbocycles. The van der Waals surface area contributed by atoms with E-state index in [4.69, 9.17) is 4.74 Å². The molecule has 112 valence electrons. The molecule has 0 aliphatic rings. The lowest BCUT2D eigenvalue weighted by Crippen LogP contribution is -2.38. The molecule has 2 N–H and O–H groups in total. The van der Waals surface area contributed by atoms with E-state index in [1.807, 2.05) is 6.07 Å². The zero-order chi connectivity index (χ0) is 14.5. The zero-order valence-corrected chi connectivity index (χ0v) is 12.7. The normalized spacial score (nSPS) is 11.4. The molecule has 0 heterocycles. The van der Waals surface area contributed by atoms with E-state index >= 15 is 0 Å². The number of benzene rings is 1. The van der Waals surface area contributed by atoms with Gasteiger partial charge in [-0.25, -0.2) is 0 Å². The maximum Gasteiger partial charge on any atom is 0.190 e. The van der Waals surface area contributed by atoms with Crippen LogP contribution in [0.2, 0.25) is 0 Å². The standard InChI is InChI=1S/C16H27N3O/c1-3-11-18-16(17-2)19-12-7-13-20-14-10-15-8-5-4-6-9-15/h4-6,8-9H,3,7,10-14H2,1-2H3,(H2,17,18,19). The van der Waals surface area contributed by atoms with Crippen LogP contribution in [0.4, 0.5) is 0 Å². The molecule has 1 aromatic rings. The number of hydrogen-bond acceptors (Lipinski definition) is 2. The highest BCUT2D eigenvalue weighted by molar-refractivity contribution is 5.79. The third-order valence-corrected chi connectivity index (χ3v) is 2.90. The van der Waals surface area contributed by atoms with Crippen LogP contribution >= 0.6 is 0 Å². The Kier molecular flexibility index (Phi) is 9.32. The summed E-state index contributed by atoms with van der Waals surface area (Å²) in [5, 5.41) is 6.51. The van der Waals surface area contributed by atoms with E-state index in [0.29, 0.717) is 0 Å². The van der Waals surface area contributed by atoms with E-state index in [1.54, 1.807) is 7.05 Å². The van der Waals surface area contributed by atoms with Gasteiger partial charge in [-0.05, 0) is 24.8 Å². The molecule has 0 atom stereocenters. The van der Waals surface area contributed by atoms with Crippen molar-refractivity contribution in [3.63, 3.8) is 0 Å². The van der Waals surface area contributed by atoms with Gasteiger partial charge in [0.2, 0.25) is 0 Å². The summed E-state index contributed by atoms with van der Waals surface area (Å²) in [6, 6.07) is 10.4. The summed E-state index contributed by atoms with van der Waals surface area (Å²) in [7, 11) is 1.79. The lowest BCUT2D eigenvalue weighted by Gasteiger charge is -2.11. The van der Waals surface area contributed by atoms with Crippen molar-refractivity contribution in [3.8, 4) is 0 Å². The first-order valence-corrected chi connectivity index (χ1v) is 7.43. The van der Waals surface area contributed by atoms with Gasteiger partial charge in [0.25, 0.3) is 0 Å². The van der Waals surface area contributed by atoms with Crippen molar-refractivity contribution in [2.45, 2.75) is 26.2 Å². The Morgan fingerprint density at radius 1 is 1.10 bits per heavy atom. The Morgan fingerprint density at radius 3 is 2.55 bits per heavy atom. The lowest BCUT2D eigenvalue weighted by molar-refractivity contribution is 0.135. The second-order valence-corrected chi connectivity index (χ2v) is 4.63. The largest absolute Gasteiger partial charge is 0.381 e. The summed E-state index contributed by atoms with van der Waals surface area (Å²) in [6.45, 7) is 5.54. The first kappa shape index (κ1) is 16.5. The molecule has 0 unspecified atom stereocenters. The molecule has 0 saturated carbocycles. The zero-order valence-electron chi connectivity index (χ0n) is 12.7. The Bertz CT molecular complexity index is 365. The molecule has 0 amide bonds. The van der Waals surface area contributed by atoms with Crippen LogP contribution in [0.25, 0.3) is 0 Å². The quantitative estimate of drug-likeness (QED) is 0.413. The average molecular weight is 277 g/mol. The molecule has 0 bridgehead atoms. The summed E-state index contributed by atoms with van der Waals surface area (Å²) >= 11 is 0. The Labute approximate surface area is 122 Å². The van der Waals surface area contributed by atoms with Gasteiger partial charge in [-0.2, -0.15) is 0 Å². The van der Waals surface area contributed by atoms with E-state index in [1.165, 1.54) is 5.56 Å². The molecule has 0 spiro atoms. The van der Waals surface area contributed by atoms with E-state index in [0.717, 1.165) is 51.5 Å². The topological polar surface area (TPSA) is 45.7 Å². The molecule has 0 aromatic heterocycles. The van der Waals surface area contributed by atoms with Crippen molar-refractivity contribution < 1.29 is 4.74 Å². The number of nitrogens with zero attached hydrogens (tertiary/aromatic N) is 1. The van der Waals surface area contributed by atoms with Crippen molar-refractivity contribution >= 4 is 5.96 Å². The highest BCUT2D eigenvalue weighted by atomic mass is 16.5. The summed E-state index contributed by atoms with van der Waals surface area (Å²) in [5.74, 6) is 0.871. The second kappa shape index (κ2) is 11.3. The fourth-order valence-electron chi connectivity index (χ4n) is 1.78. The number of ether oxygens (including phenoxy) is 1. The number of hydrogen-bond donors (Lipinski definition) is 2. The van der Waals surface area contributed by atoms with Crippen LogP contribution in [0, 0.1) is 0 Å². The second-order valence-electron chi connectivity index (χ2n) is 4.63. The molecule has 0 saturated heterocycles. The molecule has 20 heavy (non-hydrogen) atoms. The molecule has 4 heteroatoms. The SMILES string of the molecule is CCCNC(=NC)NCCCOCCc1ccccc1. The third-order valence-electron chi connectivity index (χ3n) is 2.90. The van der Waals surface area contributed by atoms with Crippen LogP contribution in [0.15, 0.2) is 35.3 Å².